The van der Waals surface area contributed by atoms with Gasteiger partial charge < -0.3 is 14.2 Å². The summed E-state index contributed by atoms with van der Waals surface area (Å²) in [5.41, 5.74) is 0. The first-order valence-electron chi connectivity index (χ1n) is 25.3. The van der Waals surface area contributed by atoms with Gasteiger partial charge in [0.05, 0.1) is 0 Å². The smallest absolute Gasteiger partial charge is 0.306 e. The topological polar surface area (TPSA) is 78.9 Å². The lowest BCUT2D eigenvalue weighted by Crippen LogP contribution is -2.30. The summed E-state index contributed by atoms with van der Waals surface area (Å²) in [6.07, 6.45) is 43.8. The van der Waals surface area contributed by atoms with Crippen LogP contribution in [0, 0.1) is 11.8 Å². The monoisotopic (exact) mass is 807 g/mol. The molecule has 0 radical (unpaired) electrons. The van der Waals surface area contributed by atoms with Gasteiger partial charge in [0.25, 0.3) is 0 Å². The minimum atomic E-state index is -0.762. The summed E-state index contributed by atoms with van der Waals surface area (Å²) in [5.74, 6) is 0.755. The molecule has 0 heterocycles. The van der Waals surface area contributed by atoms with E-state index in [9.17, 15) is 14.4 Å². The Kier molecular flexibility index (Phi) is 42.7. The highest BCUT2D eigenvalue weighted by molar-refractivity contribution is 5.71. The number of rotatable bonds is 45. The van der Waals surface area contributed by atoms with Crippen molar-refractivity contribution in [1.29, 1.82) is 0 Å². The molecule has 0 saturated heterocycles. The van der Waals surface area contributed by atoms with Gasteiger partial charge in [-0.25, -0.2) is 0 Å². The second kappa shape index (κ2) is 44.0. The van der Waals surface area contributed by atoms with Gasteiger partial charge in [-0.15, -0.1) is 0 Å². The van der Waals surface area contributed by atoms with Gasteiger partial charge in [0.2, 0.25) is 0 Å². The van der Waals surface area contributed by atoms with E-state index in [2.05, 4.69) is 34.6 Å². The van der Waals surface area contributed by atoms with E-state index in [0.29, 0.717) is 19.3 Å². The van der Waals surface area contributed by atoms with Crippen LogP contribution in [0.15, 0.2) is 0 Å². The summed E-state index contributed by atoms with van der Waals surface area (Å²) in [6.45, 7) is 11.3. The minimum absolute atomic E-state index is 0.0655. The van der Waals surface area contributed by atoms with E-state index < -0.39 is 6.10 Å². The van der Waals surface area contributed by atoms with Crippen LogP contribution in [0.3, 0.4) is 0 Å². The van der Waals surface area contributed by atoms with Crippen molar-refractivity contribution < 1.29 is 28.6 Å². The highest BCUT2D eigenvalue weighted by Gasteiger charge is 2.19. The fourth-order valence-electron chi connectivity index (χ4n) is 7.60. The van der Waals surface area contributed by atoms with Crippen molar-refractivity contribution in [3.05, 3.63) is 0 Å². The van der Waals surface area contributed by atoms with Crippen LogP contribution in [0.5, 0.6) is 0 Å². The van der Waals surface area contributed by atoms with E-state index in [0.717, 1.165) is 69.6 Å². The van der Waals surface area contributed by atoms with Crippen molar-refractivity contribution in [3.8, 4) is 0 Å². The molecule has 0 bridgehead atoms. The van der Waals surface area contributed by atoms with Gasteiger partial charge in [-0.3, -0.25) is 14.4 Å². The third-order valence-corrected chi connectivity index (χ3v) is 11.8. The van der Waals surface area contributed by atoms with Crippen molar-refractivity contribution in [1.82, 2.24) is 0 Å². The number of esters is 3. The maximum atomic E-state index is 12.8. The number of hydrogen-bond acceptors (Lipinski definition) is 6. The molecule has 0 rings (SSSR count). The average molecular weight is 807 g/mol. The summed E-state index contributed by atoms with van der Waals surface area (Å²) in [6, 6.07) is 0. The molecule has 0 aromatic rings. The Balaban J connectivity index is 4.27. The molecule has 1 unspecified atom stereocenters. The molecule has 0 saturated carbocycles. The van der Waals surface area contributed by atoms with Crippen LogP contribution < -0.4 is 0 Å². The van der Waals surface area contributed by atoms with Crippen LogP contribution in [0.2, 0.25) is 0 Å². The normalized spacial score (nSPS) is 12.5. The molecule has 0 N–H and O–H groups in total. The van der Waals surface area contributed by atoms with Crippen LogP contribution in [0.1, 0.15) is 279 Å². The van der Waals surface area contributed by atoms with Crippen LogP contribution in [0.4, 0.5) is 0 Å². The van der Waals surface area contributed by atoms with Crippen LogP contribution in [-0.2, 0) is 28.6 Å². The lowest BCUT2D eigenvalue weighted by molar-refractivity contribution is -0.167. The van der Waals surface area contributed by atoms with Crippen molar-refractivity contribution in [2.75, 3.05) is 13.2 Å². The maximum absolute atomic E-state index is 12.8. The molecule has 0 aliphatic carbocycles. The molecule has 0 fully saturated rings. The molecule has 0 amide bonds. The Labute approximate surface area is 355 Å². The maximum Gasteiger partial charge on any atom is 0.306 e. The number of hydrogen-bond donors (Lipinski definition) is 0. The van der Waals surface area contributed by atoms with E-state index in [1.54, 1.807) is 0 Å². The standard InChI is InChI=1S/C51H98O6/c1-6-8-9-10-11-12-13-14-15-16-17-18-19-20-21-26-33-38-43-51(54)57-48(45-56-50(53)42-37-32-28-27-30-35-40-47(5)7-2)44-55-49(52)41-36-31-25-23-22-24-29-34-39-46(3)4/h46-48H,6-45H2,1-5H3/t47?,48-/m0/s1. The zero-order valence-electron chi connectivity index (χ0n) is 39.0. The van der Waals surface area contributed by atoms with Crippen molar-refractivity contribution in [2.45, 2.75) is 285 Å². The molecular formula is C51H98O6. The summed E-state index contributed by atoms with van der Waals surface area (Å²) in [7, 11) is 0. The number of carbonyl (C=O) groups is 3. The third-order valence-electron chi connectivity index (χ3n) is 11.8. The lowest BCUT2D eigenvalue weighted by Gasteiger charge is -2.18. The largest absolute Gasteiger partial charge is 0.462 e. The number of ether oxygens (including phenoxy) is 3. The van der Waals surface area contributed by atoms with Gasteiger partial charge in [-0.1, -0.05) is 240 Å². The van der Waals surface area contributed by atoms with Crippen LogP contribution in [-0.4, -0.2) is 37.2 Å². The first-order valence-corrected chi connectivity index (χ1v) is 25.3. The molecule has 0 aromatic heterocycles. The van der Waals surface area contributed by atoms with Crippen molar-refractivity contribution in [3.63, 3.8) is 0 Å². The Hall–Kier alpha value is -1.59. The Morgan fingerprint density at radius 3 is 1.00 bits per heavy atom. The van der Waals surface area contributed by atoms with Gasteiger partial charge in [0, 0.05) is 19.3 Å². The zero-order chi connectivity index (χ0) is 41.9. The highest BCUT2D eigenvalue weighted by atomic mass is 16.6. The van der Waals surface area contributed by atoms with E-state index in [-0.39, 0.29) is 31.1 Å². The summed E-state index contributed by atoms with van der Waals surface area (Å²) >= 11 is 0. The SMILES string of the molecule is CCCCCCCCCCCCCCCCCCCCC(=O)O[C@@H](COC(=O)CCCCCCCCCCC(C)C)COC(=O)CCCCCCCCC(C)CC. The van der Waals surface area contributed by atoms with E-state index in [1.807, 2.05) is 0 Å². The summed E-state index contributed by atoms with van der Waals surface area (Å²) < 4.78 is 16.8. The molecule has 6 nitrogen and oxygen atoms in total. The summed E-state index contributed by atoms with van der Waals surface area (Å²) in [5, 5.41) is 0. The molecule has 6 heteroatoms. The Morgan fingerprint density at radius 1 is 0.368 bits per heavy atom. The first-order chi connectivity index (χ1) is 27.8. The van der Waals surface area contributed by atoms with Gasteiger partial charge >= 0.3 is 17.9 Å². The lowest BCUT2D eigenvalue weighted by atomic mass is 10.00. The first kappa shape index (κ1) is 55.4. The van der Waals surface area contributed by atoms with E-state index in [4.69, 9.17) is 14.2 Å². The minimum Gasteiger partial charge on any atom is -0.462 e. The third kappa shape index (κ3) is 43.8. The van der Waals surface area contributed by atoms with E-state index in [1.165, 1.54) is 167 Å². The highest BCUT2D eigenvalue weighted by Crippen LogP contribution is 2.17. The molecular weight excluding hydrogens is 709 g/mol. The number of unbranched alkanes of at least 4 members (excludes halogenated alkanes) is 29. The molecule has 0 aromatic carbocycles. The van der Waals surface area contributed by atoms with Gasteiger partial charge in [-0.2, -0.15) is 0 Å². The van der Waals surface area contributed by atoms with Crippen LogP contribution in [0.25, 0.3) is 0 Å². The van der Waals surface area contributed by atoms with Gasteiger partial charge in [-0.05, 0) is 31.1 Å². The van der Waals surface area contributed by atoms with Crippen molar-refractivity contribution >= 4 is 17.9 Å². The second-order valence-corrected chi connectivity index (χ2v) is 18.2. The second-order valence-electron chi connectivity index (χ2n) is 18.2. The van der Waals surface area contributed by atoms with E-state index >= 15 is 0 Å². The Bertz CT molecular complexity index is 872. The molecule has 0 aliphatic rings. The fraction of sp³-hybridized carbons (Fsp3) is 0.941. The predicted octanol–water partition coefficient (Wildman–Crippen LogP) is 16.1. The molecule has 0 aliphatic heterocycles. The molecule has 338 valence electrons. The number of carbonyl (C=O) groups excluding carboxylic acids is 3. The zero-order valence-corrected chi connectivity index (χ0v) is 39.0. The summed E-state index contributed by atoms with van der Waals surface area (Å²) in [4.78, 5) is 37.8. The van der Waals surface area contributed by atoms with Crippen LogP contribution >= 0.6 is 0 Å². The van der Waals surface area contributed by atoms with Gasteiger partial charge in [0.15, 0.2) is 6.10 Å². The molecule has 57 heavy (non-hydrogen) atoms. The quantitative estimate of drug-likeness (QED) is 0.0346. The van der Waals surface area contributed by atoms with Crippen molar-refractivity contribution in [2.24, 2.45) is 11.8 Å². The molecule has 0 spiro atoms. The average Bonchev–Trinajstić information content (AvgIpc) is 3.19. The van der Waals surface area contributed by atoms with Gasteiger partial charge in [0.1, 0.15) is 13.2 Å². The fourth-order valence-corrected chi connectivity index (χ4v) is 7.60. The Morgan fingerprint density at radius 2 is 0.667 bits per heavy atom. The predicted molar refractivity (Wildman–Crippen MR) is 243 cm³/mol. The molecule has 2 atom stereocenters.